The Morgan fingerprint density at radius 3 is 2.82 bits per heavy atom. The molecule has 0 saturated carbocycles. The molecule has 120 valence electrons. The van der Waals surface area contributed by atoms with Crippen molar-refractivity contribution in [3.05, 3.63) is 41.7 Å². The molecule has 1 aliphatic rings. The minimum atomic E-state index is -0.823. The van der Waals surface area contributed by atoms with E-state index in [-0.39, 0.29) is 11.8 Å². The maximum Gasteiger partial charge on any atom is 0.317 e. The summed E-state index contributed by atoms with van der Waals surface area (Å²) in [5.41, 5.74) is 1.57. The number of urea groups is 1. The Morgan fingerprint density at radius 2 is 2.18 bits per heavy atom. The van der Waals surface area contributed by atoms with Gasteiger partial charge in [0.1, 0.15) is 5.82 Å². The van der Waals surface area contributed by atoms with Crippen molar-refractivity contribution < 1.29 is 13.4 Å². The number of nitrogens with one attached hydrogen (secondary N) is 1. The molecule has 2 amide bonds. The lowest BCUT2D eigenvalue weighted by Gasteiger charge is -2.27. The third kappa shape index (κ3) is 4.66. The van der Waals surface area contributed by atoms with E-state index in [1.807, 2.05) is 12.1 Å². The summed E-state index contributed by atoms with van der Waals surface area (Å²) in [7, 11) is -0.823. The fraction of sp³-hybridized carbons (Fsp3) is 0.438. The molecule has 1 heterocycles. The highest BCUT2D eigenvalue weighted by Crippen LogP contribution is 2.24. The average molecular weight is 324 g/mol. The van der Waals surface area contributed by atoms with Crippen molar-refractivity contribution in [2.75, 3.05) is 31.6 Å². The van der Waals surface area contributed by atoms with Crippen LogP contribution >= 0.6 is 0 Å². The predicted molar refractivity (Wildman–Crippen MR) is 87.5 cm³/mol. The fourth-order valence-electron chi connectivity index (χ4n) is 2.40. The lowest BCUT2D eigenvalue weighted by atomic mass is 9.99. The van der Waals surface area contributed by atoms with Gasteiger partial charge in [-0.05, 0) is 24.5 Å². The van der Waals surface area contributed by atoms with E-state index >= 15 is 0 Å². The fourth-order valence-corrected chi connectivity index (χ4v) is 2.95. The van der Waals surface area contributed by atoms with E-state index < -0.39 is 10.8 Å². The second-order valence-corrected chi connectivity index (χ2v) is 6.82. The number of benzene rings is 1. The first-order chi connectivity index (χ1) is 10.6. The number of carbonyl (C=O) groups excluding carboxylic acids is 1. The van der Waals surface area contributed by atoms with E-state index in [4.69, 9.17) is 0 Å². The van der Waals surface area contributed by atoms with Gasteiger partial charge in [-0.3, -0.25) is 4.21 Å². The monoisotopic (exact) mass is 324 g/mol. The summed E-state index contributed by atoms with van der Waals surface area (Å²) in [6, 6.07) is 6.58. The Kier molecular flexibility index (Phi) is 6.12. The summed E-state index contributed by atoms with van der Waals surface area (Å²) in [4.78, 5) is 13.7. The second kappa shape index (κ2) is 8.08. The molecule has 0 aromatic heterocycles. The van der Waals surface area contributed by atoms with Crippen LogP contribution in [0.2, 0.25) is 0 Å². The lowest BCUT2D eigenvalue weighted by Crippen LogP contribution is -2.42. The maximum atomic E-state index is 13.7. The Bertz CT molecular complexity index is 589. The maximum absolute atomic E-state index is 13.7. The second-order valence-electron chi connectivity index (χ2n) is 5.27. The van der Waals surface area contributed by atoms with E-state index in [0.717, 1.165) is 5.57 Å². The Hall–Kier alpha value is -1.69. The van der Waals surface area contributed by atoms with Crippen LogP contribution < -0.4 is 5.32 Å². The molecule has 0 unspecified atom stereocenters. The Labute approximate surface area is 132 Å². The molecule has 4 nitrogen and oxygen atoms in total. The third-order valence-electron chi connectivity index (χ3n) is 3.60. The summed E-state index contributed by atoms with van der Waals surface area (Å²) in [6.07, 6.45) is 4.91. The minimum absolute atomic E-state index is 0.120. The highest BCUT2D eigenvalue weighted by molar-refractivity contribution is 7.84. The zero-order valence-electron chi connectivity index (χ0n) is 12.7. The summed E-state index contributed by atoms with van der Waals surface area (Å²) < 4.78 is 24.7. The van der Waals surface area contributed by atoms with Crippen molar-refractivity contribution in [1.29, 1.82) is 0 Å². The molecular weight excluding hydrogens is 303 g/mol. The van der Waals surface area contributed by atoms with Crippen molar-refractivity contribution in [2.45, 2.75) is 12.8 Å². The van der Waals surface area contributed by atoms with Crippen LogP contribution in [0.3, 0.4) is 0 Å². The molecule has 1 aromatic rings. The first kappa shape index (κ1) is 16.7. The van der Waals surface area contributed by atoms with E-state index in [2.05, 4.69) is 5.32 Å². The van der Waals surface area contributed by atoms with Gasteiger partial charge in [0.05, 0.1) is 0 Å². The number of hydrogen-bond acceptors (Lipinski definition) is 2. The van der Waals surface area contributed by atoms with Crippen LogP contribution in [-0.2, 0) is 10.8 Å². The summed E-state index contributed by atoms with van der Waals surface area (Å²) >= 11 is 0. The van der Waals surface area contributed by atoms with Crippen LogP contribution in [0.25, 0.3) is 5.57 Å². The summed E-state index contributed by atoms with van der Waals surface area (Å²) in [5.74, 6) is 0.372. The molecule has 1 N–H and O–H groups in total. The number of hydrogen-bond donors (Lipinski definition) is 1. The van der Waals surface area contributed by atoms with Crippen LogP contribution in [0, 0.1) is 5.82 Å². The van der Waals surface area contributed by atoms with Gasteiger partial charge in [-0.1, -0.05) is 24.3 Å². The normalized spacial score (nSPS) is 16.1. The molecule has 0 fully saturated rings. The molecule has 0 bridgehead atoms. The molecule has 0 saturated heterocycles. The smallest absolute Gasteiger partial charge is 0.317 e. The van der Waals surface area contributed by atoms with Crippen molar-refractivity contribution in [3.8, 4) is 0 Å². The van der Waals surface area contributed by atoms with E-state index in [1.165, 1.54) is 6.07 Å². The van der Waals surface area contributed by atoms with Crippen molar-refractivity contribution in [2.24, 2.45) is 0 Å². The van der Waals surface area contributed by atoms with Crippen LogP contribution in [0.5, 0.6) is 0 Å². The largest absolute Gasteiger partial charge is 0.338 e. The van der Waals surface area contributed by atoms with Crippen molar-refractivity contribution in [1.82, 2.24) is 10.2 Å². The predicted octanol–water partition coefficient (Wildman–Crippen LogP) is 2.39. The van der Waals surface area contributed by atoms with E-state index in [9.17, 15) is 13.4 Å². The molecule has 6 heteroatoms. The van der Waals surface area contributed by atoms with E-state index in [0.29, 0.717) is 43.8 Å². The minimum Gasteiger partial charge on any atom is -0.338 e. The zero-order valence-corrected chi connectivity index (χ0v) is 13.5. The summed E-state index contributed by atoms with van der Waals surface area (Å²) in [5, 5.41) is 2.82. The highest BCUT2D eigenvalue weighted by Gasteiger charge is 2.18. The van der Waals surface area contributed by atoms with Crippen LogP contribution in [0.15, 0.2) is 30.3 Å². The first-order valence-electron chi connectivity index (χ1n) is 7.34. The molecule has 0 aliphatic carbocycles. The van der Waals surface area contributed by atoms with Gasteiger partial charge in [0.25, 0.3) is 0 Å². The lowest BCUT2D eigenvalue weighted by molar-refractivity contribution is 0.203. The van der Waals surface area contributed by atoms with Crippen molar-refractivity contribution in [3.63, 3.8) is 0 Å². The van der Waals surface area contributed by atoms with Gasteiger partial charge in [-0.25, -0.2) is 9.18 Å². The molecule has 0 spiro atoms. The quantitative estimate of drug-likeness (QED) is 0.846. The van der Waals surface area contributed by atoms with Gasteiger partial charge < -0.3 is 10.2 Å². The number of halogens is 1. The number of nitrogens with zero attached hydrogens (tertiary/aromatic N) is 1. The summed E-state index contributed by atoms with van der Waals surface area (Å²) in [6.45, 7) is 1.58. The molecule has 1 aromatic carbocycles. The van der Waals surface area contributed by atoms with Gasteiger partial charge in [0.2, 0.25) is 0 Å². The van der Waals surface area contributed by atoms with Gasteiger partial charge >= 0.3 is 6.03 Å². The Balaban J connectivity index is 1.84. The molecule has 1 aliphatic heterocycles. The number of carbonyl (C=O) groups is 1. The average Bonchev–Trinajstić information content (AvgIpc) is 2.52. The number of amides is 2. The van der Waals surface area contributed by atoms with Gasteiger partial charge in [-0.15, -0.1) is 0 Å². The molecule has 0 radical (unpaired) electrons. The van der Waals surface area contributed by atoms with Gasteiger partial charge in [0.15, 0.2) is 0 Å². The highest BCUT2D eigenvalue weighted by atomic mass is 32.2. The number of rotatable bonds is 5. The third-order valence-corrected chi connectivity index (χ3v) is 4.46. The van der Waals surface area contributed by atoms with Gasteiger partial charge in [0, 0.05) is 48.0 Å². The van der Waals surface area contributed by atoms with Crippen molar-refractivity contribution >= 4 is 22.4 Å². The molecule has 22 heavy (non-hydrogen) atoms. The van der Waals surface area contributed by atoms with Crippen LogP contribution in [0.4, 0.5) is 9.18 Å². The standard InChI is InChI=1S/C16H21FN2O2S/c1-22(21)12-4-9-18-16(20)19-10-7-13(8-11-19)14-5-2-3-6-15(14)17/h2-3,5-7H,4,8-12H2,1H3,(H,18,20)/t22-/m0/s1. The van der Waals surface area contributed by atoms with Crippen LogP contribution in [-0.4, -0.2) is 46.8 Å². The zero-order chi connectivity index (χ0) is 15.9. The Morgan fingerprint density at radius 1 is 1.41 bits per heavy atom. The molecule has 1 atom stereocenters. The topological polar surface area (TPSA) is 49.4 Å². The first-order valence-corrected chi connectivity index (χ1v) is 9.07. The van der Waals surface area contributed by atoms with E-state index in [1.54, 1.807) is 23.3 Å². The van der Waals surface area contributed by atoms with Gasteiger partial charge in [-0.2, -0.15) is 0 Å². The molecular formula is C16H21FN2O2S. The molecule has 2 rings (SSSR count). The van der Waals surface area contributed by atoms with Crippen LogP contribution in [0.1, 0.15) is 18.4 Å². The SMILES string of the molecule is C[S@](=O)CCCNC(=O)N1CC=C(c2ccccc2F)CC1.